The van der Waals surface area contributed by atoms with Crippen LogP contribution in [0.1, 0.15) is 64.6 Å². The SMILES string of the molecule is COC1CC(c2cccc(N3Cc4c(cc(CN[C@@H]5C[C@H]5[C@@H](C)F)cc4C(F)(F)F)C3=O)c2)(c2nncn2C)C1. The molecule has 0 radical (unpaired) electrons. The van der Waals surface area contributed by atoms with Gasteiger partial charge in [-0.15, -0.1) is 10.2 Å². The number of ether oxygens (including phenoxy) is 1. The Bertz CT molecular complexity index is 1450. The number of halogens is 4. The summed E-state index contributed by atoms with van der Waals surface area (Å²) in [6.07, 6.45) is -1.92. The third-order valence-electron chi connectivity index (χ3n) is 8.74. The van der Waals surface area contributed by atoms with Crippen LogP contribution >= 0.6 is 0 Å². The van der Waals surface area contributed by atoms with Crippen LogP contribution in [0.5, 0.6) is 0 Å². The molecule has 1 N–H and O–H groups in total. The summed E-state index contributed by atoms with van der Waals surface area (Å²) in [5.41, 5.74) is 0.511. The summed E-state index contributed by atoms with van der Waals surface area (Å²) in [6, 6.07) is 9.95. The van der Waals surface area contributed by atoms with Gasteiger partial charge in [0.2, 0.25) is 0 Å². The van der Waals surface area contributed by atoms with Crippen LogP contribution in [0.15, 0.2) is 42.7 Å². The van der Waals surface area contributed by atoms with Gasteiger partial charge in [0.15, 0.2) is 0 Å². The number of carbonyl (C=O) groups is 1. The minimum atomic E-state index is -4.62. The summed E-state index contributed by atoms with van der Waals surface area (Å²) in [6.45, 7) is 1.44. The molecule has 212 valence electrons. The van der Waals surface area contributed by atoms with E-state index in [-0.39, 0.29) is 42.3 Å². The Balaban J connectivity index is 1.31. The number of nitrogens with one attached hydrogen (secondary N) is 1. The lowest BCUT2D eigenvalue weighted by Crippen LogP contribution is -2.48. The second-order valence-electron chi connectivity index (χ2n) is 11.3. The molecule has 1 aromatic heterocycles. The highest BCUT2D eigenvalue weighted by atomic mass is 19.4. The zero-order valence-corrected chi connectivity index (χ0v) is 22.5. The molecule has 2 heterocycles. The van der Waals surface area contributed by atoms with Crippen molar-refractivity contribution >= 4 is 11.6 Å². The Morgan fingerprint density at radius 3 is 2.62 bits per heavy atom. The minimum Gasteiger partial charge on any atom is -0.381 e. The van der Waals surface area contributed by atoms with Gasteiger partial charge in [-0.3, -0.25) is 4.79 Å². The molecule has 3 atom stereocenters. The van der Waals surface area contributed by atoms with Gasteiger partial charge in [0.25, 0.3) is 5.91 Å². The van der Waals surface area contributed by atoms with E-state index < -0.39 is 29.2 Å². The summed E-state index contributed by atoms with van der Waals surface area (Å²) in [7, 11) is 3.53. The van der Waals surface area contributed by atoms with Crippen molar-refractivity contribution in [1.82, 2.24) is 20.1 Å². The van der Waals surface area contributed by atoms with Crippen molar-refractivity contribution in [2.24, 2.45) is 13.0 Å². The summed E-state index contributed by atoms with van der Waals surface area (Å²) < 4.78 is 63.5. The first-order chi connectivity index (χ1) is 19.0. The molecule has 2 fully saturated rings. The van der Waals surface area contributed by atoms with Crippen molar-refractivity contribution in [3.63, 3.8) is 0 Å². The molecular weight excluding hydrogens is 526 g/mol. The van der Waals surface area contributed by atoms with Gasteiger partial charge in [-0.1, -0.05) is 12.1 Å². The molecule has 3 aromatic rings. The third-order valence-corrected chi connectivity index (χ3v) is 8.74. The van der Waals surface area contributed by atoms with Crippen LogP contribution in [0.25, 0.3) is 0 Å². The Morgan fingerprint density at radius 1 is 1.23 bits per heavy atom. The third kappa shape index (κ3) is 4.49. The Kier molecular flexibility index (Phi) is 6.49. The molecule has 0 bridgehead atoms. The standard InChI is InChI=1S/C29H31F4N5O2/c1-16(30)21-10-25(21)34-13-17-7-22-23(24(8-17)29(31,32)33)14-38(26(22)39)19-6-4-5-18(9-19)28(11-20(12-28)40-3)27-36-35-15-37(27)2/h4-9,15-16,20-21,25,34H,10-14H2,1-3H3/t16-,20?,21+,25-,28?/m1/s1. The number of amides is 1. The van der Waals surface area contributed by atoms with Crippen LogP contribution in [0.2, 0.25) is 0 Å². The Labute approximate surface area is 229 Å². The average molecular weight is 558 g/mol. The van der Waals surface area contributed by atoms with Crippen molar-refractivity contribution in [2.45, 2.75) is 69.2 Å². The average Bonchev–Trinajstić information content (AvgIpc) is 3.45. The number of fused-ring (bicyclic) bond motifs is 1. The van der Waals surface area contributed by atoms with E-state index >= 15 is 0 Å². The molecule has 11 heteroatoms. The normalized spacial score (nSPS) is 26.5. The van der Waals surface area contributed by atoms with Gasteiger partial charge in [-0.25, -0.2) is 4.39 Å². The van der Waals surface area contributed by atoms with E-state index in [1.165, 1.54) is 17.9 Å². The van der Waals surface area contributed by atoms with Gasteiger partial charge in [-0.05, 0) is 67.1 Å². The first-order valence-corrected chi connectivity index (χ1v) is 13.4. The van der Waals surface area contributed by atoms with E-state index in [0.29, 0.717) is 30.5 Å². The molecule has 0 spiro atoms. The first-order valence-electron chi connectivity index (χ1n) is 13.4. The van der Waals surface area contributed by atoms with E-state index in [0.717, 1.165) is 17.5 Å². The zero-order valence-electron chi connectivity index (χ0n) is 22.5. The molecule has 6 rings (SSSR count). The number of aromatic nitrogens is 3. The highest BCUT2D eigenvalue weighted by molar-refractivity contribution is 6.10. The number of nitrogens with zero attached hydrogens (tertiary/aromatic N) is 4. The first kappa shape index (κ1) is 26.9. The zero-order chi connectivity index (χ0) is 28.4. The smallest absolute Gasteiger partial charge is 0.381 e. The molecule has 2 saturated carbocycles. The molecule has 40 heavy (non-hydrogen) atoms. The lowest BCUT2D eigenvalue weighted by atomic mass is 9.62. The Morgan fingerprint density at radius 2 is 2.00 bits per heavy atom. The van der Waals surface area contributed by atoms with E-state index in [1.807, 2.05) is 29.8 Å². The predicted molar refractivity (Wildman–Crippen MR) is 140 cm³/mol. The number of anilines is 1. The van der Waals surface area contributed by atoms with Crippen LogP contribution in [-0.4, -0.2) is 46.1 Å². The number of alkyl halides is 4. The van der Waals surface area contributed by atoms with Crippen LogP contribution in [0, 0.1) is 5.92 Å². The van der Waals surface area contributed by atoms with Crippen molar-refractivity contribution in [2.75, 3.05) is 12.0 Å². The molecule has 2 aromatic carbocycles. The van der Waals surface area contributed by atoms with Crippen LogP contribution in [0.4, 0.5) is 23.2 Å². The largest absolute Gasteiger partial charge is 0.416 e. The molecule has 0 saturated heterocycles. The fourth-order valence-corrected chi connectivity index (χ4v) is 6.36. The summed E-state index contributed by atoms with van der Waals surface area (Å²) in [5, 5.41) is 11.5. The molecular formula is C29H31F4N5O2. The quantitative estimate of drug-likeness (QED) is 0.398. The maximum atomic E-state index is 14.2. The number of hydrogen-bond acceptors (Lipinski definition) is 5. The molecule has 1 aliphatic heterocycles. The van der Waals surface area contributed by atoms with Gasteiger partial charge in [0.1, 0.15) is 18.3 Å². The number of hydrogen-bond donors (Lipinski definition) is 1. The van der Waals surface area contributed by atoms with Crippen LogP contribution in [-0.2, 0) is 36.5 Å². The lowest BCUT2D eigenvalue weighted by molar-refractivity contribution is -0.138. The second-order valence-corrected chi connectivity index (χ2v) is 11.3. The van der Waals surface area contributed by atoms with E-state index in [9.17, 15) is 22.4 Å². The van der Waals surface area contributed by atoms with Gasteiger partial charge >= 0.3 is 6.18 Å². The van der Waals surface area contributed by atoms with E-state index in [4.69, 9.17) is 4.74 Å². The van der Waals surface area contributed by atoms with Gasteiger partial charge in [-0.2, -0.15) is 13.2 Å². The van der Waals surface area contributed by atoms with Gasteiger partial charge < -0.3 is 19.5 Å². The molecule has 3 aliphatic rings. The van der Waals surface area contributed by atoms with Crippen molar-refractivity contribution in [3.05, 3.63) is 76.4 Å². The summed E-state index contributed by atoms with van der Waals surface area (Å²) in [5.74, 6) is 0.170. The predicted octanol–water partition coefficient (Wildman–Crippen LogP) is 4.93. The molecule has 7 nitrogen and oxygen atoms in total. The molecule has 2 aliphatic carbocycles. The molecule has 0 unspecified atom stereocenters. The van der Waals surface area contributed by atoms with Crippen molar-refractivity contribution < 1.29 is 27.1 Å². The summed E-state index contributed by atoms with van der Waals surface area (Å²) >= 11 is 0. The van der Waals surface area contributed by atoms with E-state index in [2.05, 4.69) is 15.5 Å². The number of carbonyl (C=O) groups excluding carboxylic acids is 1. The fraction of sp³-hybridized carbons (Fsp3) is 0.483. The van der Waals surface area contributed by atoms with Crippen LogP contribution < -0.4 is 10.2 Å². The van der Waals surface area contributed by atoms with Crippen molar-refractivity contribution in [3.8, 4) is 0 Å². The maximum absolute atomic E-state index is 14.2. The van der Waals surface area contributed by atoms with Gasteiger partial charge in [0.05, 0.1) is 23.6 Å². The molecule has 1 amide bonds. The fourth-order valence-electron chi connectivity index (χ4n) is 6.36. The minimum absolute atomic E-state index is 0.0283. The maximum Gasteiger partial charge on any atom is 0.416 e. The summed E-state index contributed by atoms with van der Waals surface area (Å²) in [4.78, 5) is 15.0. The number of aryl methyl sites for hydroxylation is 1. The Hall–Kier alpha value is -3.31. The number of rotatable bonds is 8. The van der Waals surface area contributed by atoms with Crippen molar-refractivity contribution in [1.29, 1.82) is 0 Å². The number of benzene rings is 2. The van der Waals surface area contributed by atoms with E-state index in [1.54, 1.807) is 19.5 Å². The second kappa shape index (κ2) is 9.66. The topological polar surface area (TPSA) is 72.3 Å². The number of methoxy groups -OCH3 is 1. The van der Waals surface area contributed by atoms with Crippen LogP contribution in [0.3, 0.4) is 0 Å². The monoisotopic (exact) mass is 557 g/mol. The highest BCUT2D eigenvalue weighted by Crippen LogP contribution is 2.50. The highest BCUT2D eigenvalue weighted by Gasteiger charge is 2.50. The van der Waals surface area contributed by atoms with Gasteiger partial charge in [0, 0.05) is 43.9 Å². The lowest BCUT2D eigenvalue weighted by Gasteiger charge is -2.46.